The van der Waals surface area contributed by atoms with Crippen molar-refractivity contribution in [1.82, 2.24) is 5.32 Å². The maximum absolute atomic E-state index is 13.5. The molecule has 1 heterocycles. The molecule has 1 aromatic heterocycles. The third-order valence-corrected chi connectivity index (χ3v) is 4.34. The van der Waals surface area contributed by atoms with Crippen LogP contribution in [0.3, 0.4) is 0 Å². The summed E-state index contributed by atoms with van der Waals surface area (Å²) in [7, 11) is 0. The number of rotatable bonds is 5. The van der Waals surface area contributed by atoms with E-state index in [4.69, 9.17) is 0 Å². The van der Waals surface area contributed by atoms with Crippen molar-refractivity contribution in [2.75, 3.05) is 6.54 Å². The first-order valence-corrected chi connectivity index (χ1v) is 7.19. The van der Waals surface area contributed by atoms with Gasteiger partial charge in [0.15, 0.2) is 0 Å². The molecule has 2 rings (SSSR count). The largest absolute Gasteiger partial charge is 0.387 e. The third-order valence-electron chi connectivity index (χ3n) is 3.19. The van der Waals surface area contributed by atoms with Crippen molar-refractivity contribution in [3.8, 4) is 0 Å². The van der Waals surface area contributed by atoms with Crippen LogP contribution in [0.1, 0.15) is 27.0 Å². The SMILES string of the molecule is Cc1cc(CNCC(O)c2c(F)cccc2F)sc1C. The molecule has 0 saturated carbocycles. The van der Waals surface area contributed by atoms with Gasteiger partial charge in [0.2, 0.25) is 0 Å². The van der Waals surface area contributed by atoms with Crippen molar-refractivity contribution < 1.29 is 13.9 Å². The number of aliphatic hydroxyl groups is 1. The summed E-state index contributed by atoms with van der Waals surface area (Å²) in [6.45, 7) is 4.77. The normalized spacial score (nSPS) is 12.7. The summed E-state index contributed by atoms with van der Waals surface area (Å²) in [6.07, 6.45) is -1.20. The Hall–Kier alpha value is -1.30. The van der Waals surface area contributed by atoms with E-state index in [0.717, 1.165) is 17.0 Å². The zero-order valence-electron chi connectivity index (χ0n) is 11.4. The fourth-order valence-electron chi connectivity index (χ4n) is 2.00. The molecular formula is C15H17F2NOS. The molecule has 5 heteroatoms. The van der Waals surface area contributed by atoms with Crippen LogP contribution in [0.2, 0.25) is 0 Å². The lowest BCUT2D eigenvalue weighted by Gasteiger charge is -2.13. The summed E-state index contributed by atoms with van der Waals surface area (Å²) in [5.74, 6) is -1.44. The summed E-state index contributed by atoms with van der Waals surface area (Å²) in [6, 6.07) is 5.65. The van der Waals surface area contributed by atoms with E-state index in [2.05, 4.69) is 11.4 Å². The van der Waals surface area contributed by atoms with Crippen molar-refractivity contribution in [3.05, 3.63) is 56.8 Å². The Morgan fingerprint density at radius 1 is 1.25 bits per heavy atom. The van der Waals surface area contributed by atoms with Gasteiger partial charge in [0, 0.05) is 22.8 Å². The Morgan fingerprint density at radius 3 is 2.45 bits per heavy atom. The van der Waals surface area contributed by atoms with Gasteiger partial charge in [-0.15, -0.1) is 11.3 Å². The summed E-state index contributed by atoms with van der Waals surface area (Å²) < 4.78 is 27.0. The molecule has 20 heavy (non-hydrogen) atoms. The second-order valence-corrected chi connectivity index (χ2v) is 6.07. The van der Waals surface area contributed by atoms with Crippen molar-refractivity contribution >= 4 is 11.3 Å². The summed E-state index contributed by atoms with van der Waals surface area (Å²) in [4.78, 5) is 2.39. The molecule has 0 radical (unpaired) electrons. The minimum absolute atomic E-state index is 0.105. The van der Waals surface area contributed by atoms with Crippen molar-refractivity contribution in [2.24, 2.45) is 0 Å². The average molecular weight is 297 g/mol. The van der Waals surface area contributed by atoms with E-state index in [9.17, 15) is 13.9 Å². The maximum Gasteiger partial charge on any atom is 0.131 e. The van der Waals surface area contributed by atoms with Crippen LogP contribution in [0.5, 0.6) is 0 Å². The number of benzene rings is 1. The second kappa shape index (κ2) is 6.43. The number of thiophene rings is 1. The summed E-state index contributed by atoms with van der Waals surface area (Å²) >= 11 is 1.68. The molecule has 0 aliphatic carbocycles. The Kier molecular flexibility index (Phi) is 4.86. The number of hydrogen-bond acceptors (Lipinski definition) is 3. The first kappa shape index (κ1) is 15.1. The van der Waals surface area contributed by atoms with Gasteiger partial charge in [0.1, 0.15) is 11.6 Å². The number of nitrogens with one attached hydrogen (secondary N) is 1. The Balaban J connectivity index is 1.94. The first-order valence-electron chi connectivity index (χ1n) is 6.37. The highest BCUT2D eigenvalue weighted by Gasteiger charge is 2.17. The van der Waals surface area contributed by atoms with Gasteiger partial charge in [-0.05, 0) is 37.6 Å². The van der Waals surface area contributed by atoms with Crippen molar-refractivity contribution in [3.63, 3.8) is 0 Å². The Bertz CT molecular complexity index is 558. The number of aryl methyl sites for hydroxylation is 2. The Labute approximate surface area is 121 Å². The molecule has 0 bridgehead atoms. The highest BCUT2D eigenvalue weighted by molar-refractivity contribution is 7.12. The summed E-state index contributed by atoms with van der Waals surface area (Å²) in [5.41, 5.74) is 0.950. The van der Waals surface area contributed by atoms with Gasteiger partial charge in [-0.25, -0.2) is 8.78 Å². The number of hydrogen-bond donors (Lipinski definition) is 2. The van der Waals surface area contributed by atoms with E-state index >= 15 is 0 Å². The lowest BCUT2D eigenvalue weighted by Crippen LogP contribution is -2.22. The van der Waals surface area contributed by atoms with E-state index in [1.165, 1.54) is 16.5 Å². The van der Waals surface area contributed by atoms with E-state index in [1.807, 2.05) is 13.8 Å². The van der Waals surface area contributed by atoms with E-state index < -0.39 is 17.7 Å². The van der Waals surface area contributed by atoms with Gasteiger partial charge in [-0.3, -0.25) is 0 Å². The fraction of sp³-hybridized carbons (Fsp3) is 0.333. The van der Waals surface area contributed by atoms with Gasteiger partial charge in [-0.1, -0.05) is 6.07 Å². The lowest BCUT2D eigenvalue weighted by atomic mass is 10.1. The highest BCUT2D eigenvalue weighted by atomic mass is 32.1. The van der Waals surface area contributed by atoms with Crippen LogP contribution in [-0.4, -0.2) is 11.7 Å². The molecule has 0 aliphatic heterocycles. The first-order chi connectivity index (χ1) is 9.49. The molecule has 1 aromatic carbocycles. The molecule has 0 spiro atoms. The molecule has 2 N–H and O–H groups in total. The van der Waals surface area contributed by atoms with Crippen LogP contribution in [0, 0.1) is 25.5 Å². The molecule has 0 fully saturated rings. The van der Waals surface area contributed by atoms with Gasteiger partial charge in [0.25, 0.3) is 0 Å². The summed E-state index contributed by atoms with van der Waals surface area (Å²) in [5, 5.41) is 12.9. The van der Waals surface area contributed by atoms with Crippen LogP contribution in [-0.2, 0) is 6.54 Å². The van der Waals surface area contributed by atoms with Crippen LogP contribution < -0.4 is 5.32 Å². The quantitative estimate of drug-likeness (QED) is 0.886. The van der Waals surface area contributed by atoms with Gasteiger partial charge < -0.3 is 10.4 Å². The smallest absolute Gasteiger partial charge is 0.131 e. The predicted molar refractivity (Wildman–Crippen MR) is 76.8 cm³/mol. The molecule has 108 valence electrons. The average Bonchev–Trinajstić information content (AvgIpc) is 2.68. The third kappa shape index (κ3) is 3.42. The Morgan fingerprint density at radius 2 is 1.90 bits per heavy atom. The van der Waals surface area contributed by atoms with Gasteiger partial charge in [0.05, 0.1) is 11.7 Å². The standard InChI is InChI=1S/C15H17F2NOS/c1-9-6-11(20-10(9)2)7-18-8-14(19)15-12(16)4-3-5-13(15)17/h3-6,14,18-19H,7-8H2,1-2H3. The van der Waals surface area contributed by atoms with Gasteiger partial charge >= 0.3 is 0 Å². The molecule has 2 nitrogen and oxygen atoms in total. The van der Waals surface area contributed by atoms with Crippen LogP contribution in [0.4, 0.5) is 8.78 Å². The molecule has 2 aromatic rings. The van der Waals surface area contributed by atoms with E-state index in [0.29, 0.717) is 6.54 Å². The zero-order chi connectivity index (χ0) is 14.7. The zero-order valence-corrected chi connectivity index (χ0v) is 12.2. The lowest BCUT2D eigenvalue weighted by molar-refractivity contribution is 0.165. The number of halogens is 2. The molecule has 1 unspecified atom stereocenters. The van der Waals surface area contributed by atoms with E-state index in [-0.39, 0.29) is 12.1 Å². The predicted octanol–water partition coefficient (Wildman–Crippen LogP) is 3.47. The molecule has 0 aliphatic rings. The fourth-order valence-corrected chi connectivity index (χ4v) is 3.02. The molecule has 0 saturated heterocycles. The van der Waals surface area contributed by atoms with Gasteiger partial charge in [-0.2, -0.15) is 0 Å². The maximum atomic E-state index is 13.5. The second-order valence-electron chi connectivity index (χ2n) is 4.73. The highest BCUT2D eigenvalue weighted by Crippen LogP contribution is 2.22. The monoisotopic (exact) mass is 297 g/mol. The van der Waals surface area contributed by atoms with Crippen LogP contribution in [0.25, 0.3) is 0 Å². The number of aliphatic hydroxyl groups excluding tert-OH is 1. The van der Waals surface area contributed by atoms with Crippen LogP contribution >= 0.6 is 11.3 Å². The van der Waals surface area contributed by atoms with Crippen molar-refractivity contribution in [2.45, 2.75) is 26.5 Å². The molecule has 1 atom stereocenters. The van der Waals surface area contributed by atoms with E-state index in [1.54, 1.807) is 11.3 Å². The topological polar surface area (TPSA) is 32.3 Å². The molecular weight excluding hydrogens is 280 g/mol. The van der Waals surface area contributed by atoms with Crippen LogP contribution in [0.15, 0.2) is 24.3 Å². The van der Waals surface area contributed by atoms with Crippen molar-refractivity contribution in [1.29, 1.82) is 0 Å². The minimum atomic E-state index is -1.20. The minimum Gasteiger partial charge on any atom is -0.387 e. The molecule has 0 amide bonds.